The van der Waals surface area contributed by atoms with Crippen LogP contribution in [-0.2, 0) is 12.8 Å². The van der Waals surface area contributed by atoms with E-state index in [0.29, 0.717) is 42.7 Å². The fraction of sp³-hybridized carbons (Fsp3) is 0.640. The number of aromatic nitrogens is 6. The molecule has 1 atom stereocenters. The molecule has 2 aliphatic carbocycles. The minimum atomic E-state index is -0.860. The molecule has 0 radical (unpaired) electrons. The van der Waals surface area contributed by atoms with Crippen molar-refractivity contribution < 1.29 is 9.50 Å². The number of halogens is 1. The lowest BCUT2D eigenvalue weighted by Gasteiger charge is -2.33. The van der Waals surface area contributed by atoms with Crippen LogP contribution in [0.4, 0.5) is 16.3 Å². The molecule has 186 valence electrons. The van der Waals surface area contributed by atoms with Gasteiger partial charge in [0.1, 0.15) is 17.6 Å². The molecule has 10 heteroatoms. The third-order valence-corrected chi connectivity index (χ3v) is 7.67. The number of aryl methyl sites for hydroxylation is 3. The van der Waals surface area contributed by atoms with Crippen LogP contribution >= 0.6 is 0 Å². The van der Waals surface area contributed by atoms with Crippen LogP contribution in [0.15, 0.2) is 6.07 Å². The molecule has 3 aromatic rings. The molecule has 0 bridgehead atoms. The van der Waals surface area contributed by atoms with Gasteiger partial charge in [0, 0.05) is 18.7 Å². The first kappa shape index (κ1) is 22.6. The monoisotopic (exact) mass is 480 g/mol. The third-order valence-electron chi connectivity index (χ3n) is 7.67. The molecule has 2 N–H and O–H groups in total. The van der Waals surface area contributed by atoms with E-state index in [1.807, 2.05) is 24.8 Å². The number of nitrogens with one attached hydrogen (secondary N) is 1. The summed E-state index contributed by atoms with van der Waals surface area (Å²) < 4.78 is 15.7. The maximum atomic E-state index is 14.0. The van der Waals surface area contributed by atoms with Crippen LogP contribution in [0.5, 0.6) is 0 Å². The zero-order valence-electron chi connectivity index (χ0n) is 20.5. The smallest absolute Gasteiger partial charge is 0.230 e. The highest BCUT2D eigenvalue weighted by Gasteiger charge is 2.30. The molecule has 6 rings (SSSR count). The Morgan fingerprint density at radius 3 is 2.51 bits per heavy atom. The number of aliphatic hydroxyl groups is 1. The first-order chi connectivity index (χ1) is 16.8. The predicted octanol–water partition coefficient (Wildman–Crippen LogP) is 3.42. The highest BCUT2D eigenvalue weighted by Crippen LogP contribution is 2.31. The van der Waals surface area contributed by atoms with Crippen LogP contribution in [0.25, 0.3) is 17.0 Å². The number of anilines is 2. The number of nitrogens with zero attached hydrogens (tertiary/aromatic N) is 7. The highest BCUT2D eigenvalue weighted by atomic mass is 19.1. The summed E-state index contributed by atoms with van der Waals surface area (Å²) in [4.78, 5) is 21.2. The fourth-order valence-corrected chi connectivity index (χ4v) is 5.52. The van der Waals surface area contributed by atoms with E-state index < -0.39 is 11.8 Å². The van der Waals surface area contributed by atoms with Crippen molar-refractivity contribution in [2.24, 2.45) is 0 Å². The Morgan fingerprint density at radius 2 is 1.80 bits per heavy atom. The largest absolute Gasteiger partial charge is 0.390 e. The lowest BCUT2D eigenvalue weighted by atomic mass is 9.84. The Kier molecular flexibility index (Phi) is 5.58. The van der Waals surface area contributed by atoms with Crippen LogP contribution in [-0.4, -0.2) is 65.6 Å². The SMILES string of the molecule is Cc1nc2c(nc1-c1cc3nc(N4CC[C@@H](F)C4)nc(N[C@H]4CC[C@](C)(O)CC4)n3n1)CCCC2. The second kappa shape index (κ2) is 8.65. The summed E-state index contributed by atoms with van der Waals surface area (Å²) in [5.74, 6) is 1.11. The molecular weight excluding hydrogens is 447 g/mol. The predicted molar refractivity (Wildman–Crippen MR) is 131 cm³/mol. The van der Waals surface area contributed by atoms with Gasteiger partial charge in [-0.05, 0) is 71.6 Å². The Bertz CT molecular complexity index is 1250. The summed E-state index contributed by atoms with van der Waals surface area (Å²) in [6.45, 7) is 4.78. The minimum absolute atomic E-state index is 0.173. The van der Waals surface area contributed by atoms with E-state index in [9.17, 15) is 9.50 Å². The normalized spacial score (nSPS) is 26.8. The van der Waals surface area contributed by atoms with Gasteiger partial charge in [0.15, 0.2) is 5.65 Å². The average Bonchev–Trinajstić information content (AvgIpc) is 3.46. The number of rotatable bonds is 4. The molecule has 0 spiro atoms. The second-order valence-electron chi connectivity index (χ2n) is 10.7. The molecule has 9 nitrogen and oxygen atoms in total. The van der Waals surface area contributed by atoms with Gasteiger partial charge in [-0.15, -0.1) is 0 Å². The first-order valence-corrected chi connectivity index (χ1v) is 12.9. The van der Waals surface area contributed by atoms with Crippen LogP contribution in [0.3, 0.4) is 0 Å². The van der Waals surface area contributed by atoms with Crippen molar-refractivity contribution in [1.82, 2.24) is 29.5 Å². The van der Waals surface area contributed by atoms with Gasteiger partial charge in [0.05, 0.1) is 29.2 Å². The highest BCUT2D eigenvalue weighted by molar-refractivity contribution is 5.65. The van der Waals surface area contributed by atoms with E-state index in [2.05, 4.69) is 5.32 Å². The van der Waals surface area contributed by atoms with Crippen molar-refractivity contribution in [2.45, 2.75) is 89.4 Å². The Balaban J connectivity index is 1.39. The molecule has 1 aliphatic heterocycles. The lowest BCUT2D eigenvalue weighted by molar-refractivity contribution is 0.0195. The summed E-state index contributed by atoms with van der Waals surface area (Å²) >= 11 is 0. The zero-order chi connectivity index (χ0) is 24.2. The molecule has 4 heterocycles. The van der Waals surface area contributed by atoms with Gasteiger partial charge in [0.2, 0.25) is 11.9 Å². The minimum Gasteiger partial charge on any atom is -0.390 e. The van der Waals surface area contributed by atoms with Gasteiger partial charge in [-0.25, -0.2) is 9.37 Å². The van der Waals surface area contributed by atoms with Crippen molar-refractivity contribution in [3.05, 3.63) is 23.1 Å². The quantitative estimate of drug-likeness (QED) is 0.585. The molecular formula is C25H33FN8O. The van der Waals surface area contributed by atoms with Crippen molar-refractivity contribution >= 4 is 17.5 Å². The third kappa shape index (κ3) is 4.44. The van der Waals surface area contributed by atoms with E-state index >= 15 is 0 Å². The molecule has 1 saturated heterocycles. The van der Waals surface area contributed by atoms with Crippen LogP contribution < -0.4 is 10.2 Å². The van der Waals surface area contributed by atoms with Gasteiger partial charge in [-0.1, -0.05) is 0 Å². The number of alkyl halides is 1. The van der Waals surface area contributed by atoms with E-state index in [4.69, 9.17) is 25.0 Å². The van der Waals surface area contributed by atoms with Gasteiger partial charge in [-0.2, -0.15) is 19.6 Å². The maximum absolute atomic E-state index is 14.0. The molecule has 2 fully saturated rings. The van der Waals surface area contributed by atoms with Crippen molar-refractivity contribution in [1.29, 1.82) is 0 Å². The number of hydrogen-bond acceptors (Lipinski definition) is 8. The molecule has 3 aromatic heterocycles. The number of hydrogen-bond donors (Lipinski definition) is 2. The molecule has 3 aliphatic rings. The van der Waals surface area contributed by atoms with E-state index in [-0.39, 0.29) is 6.04 Å². The van der Waals surface area contributed by atoms with Crippen LogP contribution in [0, 0.1) is 6.92 Å². The van der Waals surface area contributed by atoms with Crippen LogP contribution in [0.1, 0.15) is 69.0 Å². The molecule has 0 aromatic carbocycles. The van der Waals surface area contributed by atoms with Crippen molar-refractivity contribution in [3.8, 4) is 11.4 Å². The molecule has 0 amide bonds. The lowest BCUT2D eigenvalue weighted by Crippen LogP contribution is -2.36. The van der Waals surface area contributed by atoms with Crippen LogP contribution in [0.2, 0.25) is 0 Å². The summed E-state index contributed by atoms with van der Waals surface area (Å²) in [6.07, 6.45) is 7.01. The topological polar surface area (TPSA) is 104 Å². The van der Waals surface area contributed by atoms with E-state index in [1.54, 1.807) is 4.52 Å². The Hall–Kier alpha value is -2.88. The van der Waals surface area contributed by atoms with Gasteiger partial charge < -0.3 is 15.3 Å². The average molecular weight is 481 g/mol. The van der Waals surface area contributed by atoms with Gasteiger partial charge in [0.25, 0.3) is 0 Å². The Morgan fingerprint density at radius 1 is 1.06 bits per heavy atom. The second-order valence-corrected chi connectivity index (χ2v) is 10.7. The summed E-state index contributed by atoms with van der Waals surface area (Å²) in [5.41, 5.74) is 4.57. The summed E-state index contributed by atoms with van der Waals surface area (Å²) in [7, 11) is 0. The summed E-state index contributed by atoms with van der Waals surface area (Å²) in [5, 5.41) is 18.8. The molecule has 0 unspecified atom stereocenters. The summed E-state index contributed by atoms with van der Waals surface area (Å²) in [6, 6.07) is 2.10. The van der Waals surface area contributed by atoms with E-state index in [1.165, 1.54) is 0 Å². The zero-order valence-corrected chi connectivity index (χ0v) is 20.5. The fourth-order valence-electron chi connectivity index (χ4n) is 5.52. The molecule has 1 saturated carbocycles. The van der Waals surface area contributed by atoms with Gasteiger partial charge >= 0.3 is 0 Å². The van der Waals surface area contributed by atoms with Crippen molar-refractivity contribution in [3.63, 3.8) is 0 Å². The van der Waals surface area contributed by atoms with Crippen molar-refractivity contribution in [2.75, 3.05) is 23.3 Å². The van der Waals surface area contributed by atoms with Gasteiger partial charge in [-0.3, -0.25) is 4.98 Å². The molecule has 35 heavy (non-hydrogen) atoms. The number of fused-ring (bicyclic) bond motifs is 2. The van der Waals surface area contributed by atoms with E-state index in [0.717, 1.165) is 74.1 Å². The first-order valence-electron chi connectivity index (χ1n) is 12.9. The maximum Gasteiger partial charge on any atom is 0.230 e. The standard InChI is InChI=1S/C25H33FN8O/c1-15-22(29-19-6-4-3-5-18(19)27-15)20-13-21-30-23(33-12-9-16(26)14-33)31-24(34(21)32-20)28-17-7-10-25(2,35)11-8-17/h13,16-17,35H,3-12,14H2,1-2H3,(H,28,30,31)/t16-,17-,25-/m1/s1. The Labute approximate surface area is 204 Å².